The largest absolute Gasteiger partial charge is 0.493 e. The third-order valence-corrected chi connectivity index (χ3v) is 3.91. The fraction of sp³-hybridized carbons (Fsp3) is 0.500. The van der Waals surface area contributed by atoms with Crippen molar-refractivity contribution in [1.82, 2.24) is 0 Å². The number of hydrogen-bond donors (Lipinski definition) is 0. The molecule has 3 heteroatoms. The van der Waals surface area contributed by atoms with Crippen LogP contribution in [0.25, 0.3) is 0 Å². The zero-order chi connectivity index (χ0) is 12.1. The van der Waals surface area contributed by atoms with E-state index >= 15 is 0 Å². The van der Waals surface area contributed by atoms with Crippen molar-refractivity contribution in [2.24, 2.45) is 11.8 Å². The van der Waals surface area contributed by atoms with Gasteiger partial charge in [-0.3, -0.25) is 0 Å². The summed E-state index contributed by atoms with van der Waals surface area (Å²) in [5.41, 5.74) is 0. The van der Waals surface area contributed by atoms with Gasteiger partial charge in [-0.1, -0.05) is 15.9 Å². The highest BCUT2D eigenvalue weighted by Gasteiger charge is 2.20. The summed E-state index contributed by atoms with van der Waals surface area (Å²) in [6, 6.07) is 7.92. The number of ether oxygens (including phenoxy) is 1. The number of hydrogen-bond acceptors (Lipinski definition) is 2. The summed E-state index contributed by atoms with van der Waals surface area (Å²) in [6.07, 6.45) is 5.38. The van der Waals surface area contributed by atoms with Crippen LogP contribution < -0.4 is 4.74 Å². The van der Waals surface area contributed by atoms with Gasteiger partial charge in [0.1, 0.15) is 12.0 Å². The van der Waals surface area contributed by atoms with Gasteiger partial charge in [-0.05, 0) is 55.9 Å². The maximum atomic E-state index is 10.6. The zero-order valence-electron chi connectivity index (χ0n) is 9.77. The van der Waals surface area contributed by atoms with Crippen molar-refractivity contribution in [2.45, 2.75) is 25.7 Å². The van der Waals surface area contributed by atoms with E-state index in [-0.39, 0.29) is 0 Å². The predicted molar refractivity (Wildman–Crippen MR) is 71.1 cm³/mol. The highest BCUT2D eigenvalue weighted by Crippen LogP contribution is 2.28. The van der Waals surface area contributed by atoms with Gasteiger partial charge in [0.15, 0.2) is 0 Å². The molecule has 0 N–H and O–H groups in total. The summed E-state index contributed by atoms with van der Waals surface area (Å²) in [5, 5.41) is 0. The van der Waals surface area contributed by atoms with Gasteiger partial charge in [-0.15, -0.1) is 0 Å². The van der Waals surface area contributed by atoms with Crippen molar-refractivity contribution in [2.75, 3.05) is 6.61 Å². The van der Waals surface area contributed by atoms with E-state index in [0.29, 0.717) is 11.8 Å². The van der Waals surface area contributed by atoms with Gasteiger partial charge in [0.05, 0.1) is 6.61 Å². The van der Waals surface area contributed by atoms with E-state index in [1.54, 1.807) is 0 Å². The maximum absolute atomic E-state index is 10.6. The molecule has 1 saturated carbocycles. The monoisotopic (exact) mass is 296 g/mol. The van der Waals surface area contributed by atoms with E-state index in [1.165, 1.54) is 0 Å². The van der Waals surface area contributed by atoms with E-state index in [4.69, 9.17) is 4.74 Å². The second-order valence-electron chi connectivity index (χ2n) is 4.68. The molecule has 1 fully saturated rings. The molecule has 0 saturated heterocycles. The normalized spacial score (nSPS) is 24.3. The molecule has 0 amide bonds. The Bertz CT molecular complexity index is 353. The minimum Gasteiger partial charge on any atom is -0.493 e. The quantitative estimate of drug-likeness (QED) is 0.789. The lowest BCUT2D eigenvalue weighted by atomic mass is 9.83. The first kappa shape index (κ1) is 12.6. The summed E-state index contributed by atoms with van der Waals surface area (Å²) in [6.45, 7) is 0.771. The predicted octanol–water partition coefficient (Wildman–Crippen LogP) is 3.83. The summed E-state index contributed by atoms with van der Waals surface area (Å²) in [5.74, 6) is 1.82. The van der Waals surface area contributed by atoms with Gasteiger partial charge < -0.3 is 9.53 Å². The lowest BCUT2D eigenvalue weighted by molar-refractivity contribution is -0.112. The molecule has 0 atom stereocenters. The highest BCUT2D eigenvalue weighted by atomic mass is 79.9. The molecule has 17 heavy (non-hydrogen) atoms. The molecule has 2 rings (SSSR count). The Kier molecular flexibility index (Phi) is 4.60. The topological polar surface area (TPSA) is 26.3 Å². The van der Waals surface area contributed by atoms with Crippen molar-refractivity contribution < 1.29 is 9.53 Å². The smallest absolute Gasteiger partial charge is 0.123 e. The van der Waals surface area contributed by atoms with Crippen LogP contribution in [-0.2, 0) is 4.79 Å². The Morgan fingerprint density at radius 2 is 1.82 bits per heavy atom. The third-order valence-electron chi connectivity index (χ3n) is 3.38. The molecule has 0 unspecified atom stereocenters. The van der Waals surface area contributed by atoms with E-state index in [1.807, 2.05) is 24.3 Å². The lowest BCUT2D eigenvalue weighted by Crippen LogP contribution is -2.20. The molecule has 1 aromatic carbocycles. The fourth-order valence-electron chi connectivity index (χ4n) is 2.24. The molecule has 0 aliphatic heterocycles. The molecule has 1 aliphatic carbocycles. The number of carbonyl (C=O) groups excluding carboxylic acids is 1. The van der Waals surface area contributed by atoms with E-state index in [0.717, 1.165) is 48.8 Å². The van der Waals surface area contributed by atoms with Gasteiger partial charge in [0.2, 0.25) is 0 Å². The van der Waals surface area contributed by atoms with Crippen LogP contribution >= 0.6 is 15.9 Å². The second kappa shape index (κ2) is 6.20. The molecular formula is C14H17BrO2. The van der Waals surface area contributed by atoms with Crippen LogP contribution in [0, 0.1) is 11.8 Å². The Morgan fingerprint density at radius 3 is 2.41 bits per heavy atom. The average Bonchev–Trinajstić information content (AvgIpc) is 2.39. The third kappa shape index (κ3) is 3.84. The fourth-order valence-corrected chi connectivity index (χ4v) is 2.50. The molecule has 2 nitrogen and oxygen atoms in total. The zero-order valence-corrected chi connectivity index (χ0v) is 11.4. The molecular weight excluding hydrogens is 280 g/mol. The first-order chi connectivity index (χ1) is 8.28. The van der Waals surface area contributed by atoms with Gasteiger partial charge in [-0.2, -0.15) is 0 Å². The van der Waals surface area contributed by atoms with Gasteiger partial charge >= 0.3 is 0 Å². The highest BCUT2D eigenvalue weighted by molar-refractivity contribution is 9.10. The molecule has 0 spiro atoms. The Morgan fingerprint density at radius 1 is 1.18 bits per heavy atom. The number of aldehydes is 1. The SMILES string of the molecule is O=CC1CCC(COc2ccc(Br)cc2)CC1. The van der Waals surface area contributed by atoms with E-state index < -0.39 is 0 Å². The molecule has 1 aliphatic rings. The second-order valence-corrected chi connectivity index (χ2v) is 5.60. The van der Waals surface area contributed by atoms with Crippen LogP contribution in [0.1, 0.15) is 25.7 Å². The van der Waals surface area contributed by atoms with E-state index in [2.05, 4.69) is 15.9 Å². The molecule has 0 aromatic heterocycles. The van der Waals surface area contributed by atoms with Crippen molar-refractivity contribution in [3.63, 3.8) is 0 Å². The van der Waals surface area contributed by atoms with Crippen molar-refractivity contribution in [3.8, 4) is 5.75 Å². The molecule has 1 aromatic rings. The van der Waals surface area contributed by atoms with Crippen LogP contribution in [-0.4, -0.2) is 12.9 Å². The average molecular weight is 297 g/mol. The Balaban J connectivity index is 1.75. The number of halogens is 1. The Hall–Kier alpha value is -0.830. The number of carbonyl (C=O) groups is 1. The van der Waals surface area contributed by atoms with E-state index in [9.17, 15) is 4.79 Å². The minimum atomic E-state index is 0.291. The maximum Gasteiger partial charge on any atom is 0.123 e. The first-order valence-corrected chi connectivity index (χ1v) is 6.91. The molecule has 0 bridgehead atoms. The van der Waals surface area contributed by atoms with Crippen LogP contribution in [0.3, 0.4) is 0 Å². The van der Waals surface area contributed by atoms with Crippen molar-refractivity contribution >= 4 is 22.2 Å². The lowest BCUT2D eigenvalue weighted by Gasteiger charge is -2.25. The summed E-state index contributed by atoms with van der Waals surface area (Å²) in [4.78, 5) is 10.6. The molecule has 0 heterocycles. The van der Waals surface area contributed by atoms with Crippen LogP contribution in [0.2, 0.25) is 0 Å². The summed E-state index contributed by atoms with van der Waals surface area (Å²) in [7, 11) is 0. The van der Waals surface area contributed by atoms with Crippen LogP contribution in [0.15, 0.2) is 28.7 Å². The van der Waals surface area contributed by atoms with Gasteiger partial charge in [0.25, 0.3) is 0 Å². The summed E-state index contributed by atoms with van der Waals surface area (Å²) >= 11 is 3.40. The van der Waals surface area contributed by atoms with Crippen LogP contribution in [0.5, 0.6) is 5.75 Å². The molecule has 92 valence electrons. The number of benzene rings is 1. The summed E-state index contributed by atoms with van der Waals surface area (Å²) < 4.78 is 6.83. The standard InChI is InChI=1S/C14H17BrO2/c15-13-5-7-14(8-6-13)17-10-12-3-1-11(9-16)2-4-12/h5-9,11-12H,1-4,10H2. The van der Waals surface area contributed by atoms with Crippen molar-refractivity contribution in [3.05, 3.63) is 28.7 Å². The van der Waals surface area contributed by atoms with Gasteiger partial charge in [0, 0.05) is 10.4 Å². The van der Waals surface area contributed by atoms with Crippen molar-refractivity contribution in [1.29, 1.82) is 0 Å². The molecule has 0 radical (unpaired) electrons. The van der Waals surface area contributed by atoms with Crippen LogP contribution in [0.4, 0.5) is 0 Å². The van der Waals surface area contributed by atoms with Gasteiger partial charge in [-0.25, -0.2) is 0 Å². The Labute approximate surface area is 110 Å². The number of rotatable bonds is 4. The minimum absolute atomic E-state index is 0.291. The first-order valence-electron chi connectivity index (χ1n) is 6.11.